The molecule has 0 bridgehead atoms. The molecule has 0 saturated carbocycles. The molecule has 2 aliphatic heterocycles. The first-order valence-electron chi connectivity index (χ1n) is 7.02. The van der Waals surface area contributed by atoms with Crippen molar-refractivity contribution >= 4 is 5.91 Å². The summed E-state index contributed by atoms with van der Waals surface area (Å²) in [6.07, 6.45) is -1.32. The largest absolute Gasteiger partial charge is 0.393 e. The molecule has 0 radical (unpaired) electrons. The Bertz CT molecular complexity index is 314. The highest BCUT2D eigenvalue weighted by Gasteiger charge is 2.42. The van der Waals surface area contributed by atoms with Gasteiger partial charge in [-0.05, 0) is 44.7 Å². The van der Waals surface area contributed by atoms with Gasteiger partial charge in [-0.2, -0.15) is 13.2 Å². The van der Waals surface area contributed by atoms with Crippen molar-refractivity contribution in [1.29, 1.82) is 0 Å². The van der Waals surface area contributed by atoms with Gasteiger partial charge in [0, 0.05) is 19.5 Å². The summed E-state index contributed by atoms with van der Waals surface area (Å²) in [5.74, 6) is -0.939. The highest BCUT2D eigenvalue weighted by Crippen LogP contribution is 2.33. The van der Waals surface area contributed by atoms with E-state index in [9.17, 15) is 18.0 Å². The van der Waals surface area contributed by atoms with Crippen LogP contribution in [0.3, 0.4) is 0 Å². The number of halogens is 3. The molecule has 110 valence electrons. The van der Waals surface area contributed by atoms with E-state index in [2.05, 4.69) is 5.32 Å². The van der Waals surface area contributed by atoms with Crippen molar-refractivity contribution in [2.45, 2.75) is 38.3 Å². The Morgan fingerprint density at radius 2 is 2.11 bits per heavy atom. The standard InChI is InChI=1S/C13H21F3N2O/c14-13(15,16)11-2-1-7-18(9-11)12(19)4-3-10-5-6-17-8-10/h10-11,17H,1-9H2. The number of nitrogens with zero attached hydrogens (tertiary/aromatic N) is 1. The fraction of sp³-hybridized carbons (Fsp3) is 0.923. The van der Waals surface area contributed by atoms with Crippen molar-refractivity contribution in [2.75, 3.05) is 26.2 Å². The third-order valence-corrected chi connectivity index (χ3v) is 4.17. The smallest absolute Gasteiger partial charge is 0.342 e. The predicted molar refractivity (Wildman–Crippen MR) is 65.6 cm³/mol. The van der Waals surface area contributed by atoms with E-state index in [0.29, 0.717) is 25.3 Å². The van der Waals surface area contributed by atoms with Gasteiger partial charge in [0.2, 0.25) is 5.91 Å². The Labute approximate surface area is 111 Å². The number of rotatable bonds is 3. The van der Waals surface area contributed by atoms with E-state index in [1.54, 1.807) is 0 Å². The van der Waals surface area contributed by atoms with Gasteiger partial charge in [0.1, 0.15) is 0 Å². The normalized spacial score (nSPS) is 28.7. The monoisotopic (exact) mass is 278 g/mol. The maximum Gasteiger partial charge on any atom is 0.393 e. The topological polar surface area (TPSA) is 32.3 Å². The summed E-state index contributed by atoms with van der Waals surface area (Å²) in [5.41, 5.74) is 0. The summed E-state index contributed by atoms with van der Waals surface area (Å²) in [6.45, 7) is 2.25. The van der Waals surface area contributed by atoms with Gasteiger partial charge in [-0.1, -0.05) is 0 Å². The Morgan fingerprint density at radius 3 is 2.74 bits per heavy atom. The molecule has 2 unspecified atom stereocenters. The van der Waals surface area contributed by atoms with E-state index in [-0.39, 0.29) is 18.9 Å². The molecule has 2 atom stereocenters. The van der Waals surface area contributed by atoms with Crippen LogP contribution >= 0.6 is 0 Å². The SMILES string of the molecule is O=C(CCC1CCNC1)N1CCCC(C(F)(F)F)C1. The van der Waals surface area contributed by atoms with Crippen LogP contribution in [0.25, 0.3) is 0 Å². The zero-order chi connectivity index (χ0) is 13.9. The number of nitrogens with one attached hydrogen (secondary N) is 1. The number of piperidine rings is 1. The molecule has 1 amide bonds. The van der Waals surface area contributed by atoms with Crippen LogP contribution in [0.4, 0.5) is 13.2 Å². The van der Waals surface area contributed by atoms with E-state index in [0.717, 1.165) is 25.9 Å². The third kappa shape index (κ3) is 4.09. The minimum Gasteiger partial charge on any atom is -0.342 e. The molecule has 0 aliphatic carbocycles. The maximum atomic E-state index is 12.7. The molecule has 0 aromatic rings. The van der Waals surface area contributed by atoms with Gasteiger partial charge in [0.25, 0.3) is 0 Å². The van der Waals surface area contributed by atoms with Gasteiger partial charge < -0.3 is 10.2 Å². The molecular formula is C13H21F3N2O. The lowest BCUT2D eigenvalue weighted by molar-refractivity contribution is -0.188. The second kappa shape index (κ2) is 6.11. The van der Waals surface area contributed by atoms with E-state index in [4.69, 9.17) is 0 Å². The van der Waals surface area contributed by atoms with Crippen molar-refractivity contribution in [3.63, 3.8) is 0 Å². The highest BCUT2D eigenvalue weighted by atomic mass is 19.4. The predicted octanol–water partition coefficient (Wildman–Crippen LogP) is 2.18. The second-order valence-corrected chi connectivity index (χ2v) is 5.62. The van der Waals surface area contributed by atoms with Crippen LogP contribution < -0.4 is 5.32 Å². The third-order valence-electron chi connectivity index (χ3n) is 4.17. The van der Waals surface area contributed by atoms with Crippen LogP contribution in [0.5, 0.6) is 0 Å². The maximum absolute atomic E-state index is 12.7. The number of carbonyl (C=O) groups excluding carboxylic acids is 1. The minimum atomic E-state index is -4.17. The molecule has 3 nitrogen and oxygen atoms in total. The number of alkyl halides is 3. The molecule has 0 aromatic carbocycles. The van der Waals surface area contributed by atoms with Gasteiger partial charge in [0.15, 0.2) is 0 Å². The summed E-state index contributed by atoms with van der Waals surface area (Å²) in [7, 11) is 0. The van der Waals surface area contributed by atoms with E-state index in [1.165, 1.54) is 4.90 Å². The lowest BCUT2D eigenvalue weighted by Crippen LogP contribution is -2.44. The molecular weight excluding hydrogens is 257 g/mol. The van der Waals surface area contributed by atoms with Crippen LogP contribution in [-0.4, -0.2) is 43.2 Å². The molecule has 2 heterocycles. The lowest BCUT2D eigenvalue weighted by Gasteiger charge is -2.34. The molecule has 6 heteroatoms. The quantitative estimate of drug-likeness (QED) is 0.858. The van der Waals surface area contributed by atoms with Gasteiger partial charge in [0.05, 0.1) is 5.92 Å². The summed E-state index contributed by atoms with van der Waals surface area (Å²) in [4.78, 5) is 13.4. The number of carbonyl (C=O) groups is 1. The zero-order valence-electron chi connectivity index (χ0n) is 11.0. The summed E-state index contributed by atoms with van der Waals surface area (Å²) in [6, 6.07) is 0. The first kappa shape index (κ1) is 14.6. The fourth-order valence-corrected chi connectivity index (χ4v) is 2.92. The van der Waals surface area contributed by atoms with E-state index in [1.807, 2.05) is 0 Å². The highest BCUT2D eigenvalue weighted by molar-refractivity contribution is 5.76. The number of likely N-dealkylation sites (tertiary alicyclic amines) is 1. The van der Waals surface area contributed by atoms with Crippen molar-refractivity contribution in [3.8, 4) is 0 Å². The Morgan fingerprint density at radius 1 is 1.32 bits per heavy atom. The minimum absolute atomic E-state index is 0.110. The summed E-state index contributed by atoms with van der Waals surface area (Å²) < 4.78 is 38.0. The van der Waals surface area contributed by atoms with Crippen LogP contribution in [0.1, 0.15) is 32.1 Å². The second-order valence-electron chi connectivity index (χ2n) is 5.62. The fourth-order valence-electron chi connectivity index (χ4n) is 2.92. The first-order valence-corrected chi connectivity index (χ1v) is 7.02. The molecule has 19 heavy (non-hydrogen) atoms. The number of hydrogen-bond donors (Lipinski definition) is 1. The lowest BCUT2D eigenvalue weighted by atomic mass is 9.96. The Balaban J connectivity index is 1.78. The molecule has 2 aliphatic rings. The van der Waals surface area contributed by atoms with Gasteiger partial charge >= 0.3 is 6.18 Å². The average molecular weight is 278 g/mol. The first-order chi connectivity index (χ1) is 8.97. The van der Waals surface area contributed by atoms with Crippen LogP contribution in [0, 0.1) is 11.8 Å². The van der Waals surface area contributed by atoms with Crippen molar-refractivity contribution < 1.29 is 18.0 Å². The van der Waals surface area contributed by atoms with Crippen molar-refractivity contribution in [1.82, 2.24) is 10.2 Å². The van der Waals surface area contributed by atoms with Crippen molar-refractivity contribution in [3.05, 3.63) is 0 Å². The van der Waals surface area contributed by atoms with Gasteiger partial charge in [-0.25, -0.2) is 0 Å². The number of hydrogen-bond acceptors (Lipinski definition) is 2. The molecule has 0 spiro atoms. The average Bonchev–Trinajstić information content (AvgIpc) is 2.88. The zero-order valence-corrected chi connectivity index (χ0v) is 11.0. The molecule has 1 N–H and O–H groups in total. The summed E-state index contributed by atoms with van der Waals surface area (Å²) in [5, 5.41) is 3.23. The van der Waals surface area contributed by atoms with E-state index < -0.39 is 12.1 Å². The van der Waals surface area contributed by atoms with Gasteiger partial charge in [-0.15, -0.1) is 0 Å². The number of amides is 1. The Hall–Kier alpha value is -0.780. The summed E-state index contributed by atoms with van der Waals surface area (Å²) >= 11 is 0. The van der Waals surface area contributed by atoms with Gasteiger partial charge in [-0.3, -0.25) is 4.79 Å². The molecule has 0 aromatic heterocycles. The van der Waals surface area contributed by atoms with Crippen molar-refractivity contribution in [2.24, 2.45) is 11.8 Å². The molecule has 2 saturated heterocycles. The molecule has 2 fully saturated rings. The van der Waals surface area contributed by atoms with E-state index >= 15 is 0 Å². The van der Waals surface area contributed by atoms with Crippen LogP contribution in [0.15, 0.2) is 0 Å². The van der Waals surface area contributed by atoms with Crippen LogP contribution in [0.2, 0.25) is 0 Å². The Kier molecular flexibility index (Phi) is 4.71. The van der Waals surface area contributed by atoms with Crippen LogP contribution in [-0.2, 0) is 4.79 Å². The molecule has 2 rings (SSSR count).